The molecule has 4 aromatic rings. The SMILES string of the molecule is O=C(Cc1ccccc1)N(Cc1ccccc1)Cc1cccc2ccccc12. The number of hydrogen-bond acceptors (Lipinski definition) is 1. The minimum absolute atomic E-state index is 0.142. The summed E-state index contributed by atoms with van der Waals surface area (Å²) in [4.78, 5) is 15.1. The molecule has 0 saturated heterocycles. The summed E-state index contributed by atoms with van der Waals surface area (Å²) in [5.41, 5.74) is 3.36. The Morgan fingerprint density at radius 2 is 1.21 bits per heavy atom. The average molecular weight is 365 g/mol. The van der Waals surface area contributed by atoms with E-state index in [9.17, 15) is 4.79 Å². The summed E-state index contributed by atoms with van der Waals surface area (Å²) in [6, 6.07) is 34.8. The predicted molar refractivity (Wildman–Crippen MR) is 115 cm³/mol. The molecule has 0 aliphatic carbocycles. The zero-order valence-corrected chi connectivity index (χ0v) is 15.8. The van der Waals surface area contributed by atoms with Gasteiger partial charge in [0, 0.05) is 13.1 Å². The second-order valence-electron chi connectivity index (χ2n) is 7.04. The Morgan fingerprint density at radius 1 is 0.607 bits per heavy atom. The standard InChI is InChI=1S/C26H23NO/c28-26(18-21-10-3-1-4-11-21)27(19-22-12-5-2-6-13-22)20-24-16-9-15-23-14-7-8-17-25(23)24/h1-17H,18-20H2. The monoisotopic (exact) mass is 365 g/mol. The second-order valence-corrected chi connectivity index (χ2v) is 7.04. The first-order chi connectivity index (χ1) is 13.8. The summed E-state index contributed by atoms with van der Waals surface area (Å²) in [5, 5.41) is 2.41. The summed E-state index contributed by atoms with van der Waals surface area (Å²) < 4.78 is 0. The fourth-order valence-corrected chi connectivity index (χ4v) is 3.55. The first kappa shape index (κ1) is 18.0. The van der Waals surface area contributed by atoms with E-state index in [1.807, 2.05) is 53.4 Å². The predicted octanol–water partition coefficient (Wildman–Crippen LogP) is 5.61. The Labute approximate surface area is 166 Å². The molecule has 138 valence electrons. The smallest absolute Gasteiger partial charge is 0.227 e. The van der Waals surface area contributed by atoms with E-state index < -0.39 is 0 Å². The lowest BCUT2D eigenvalue weighted by molar-refractivity contribution is -0.131. The Balaban J connectivity index is 1.63. The maximum absolute atomic E-state index is 13.2. The molecule has 0 saturated carbocycles. The van der Waals surface area contributed by atoms with Crippen molar-refractivity contribution in [1.82, 2.24) is 4.90 Å². The van der Waals surface area contributed by atoms with Crippen LogP contribution < -0.4 is 0 Å². The van der Waals surface area contributed by atoms with E-state index in [1.165, 1.54) is 16.3 Å². The molecule has 0 aliphatic heterocycles. The van der Waals surface area contributed by atoms with Gasteiger partial charge < -0.3 is 4.90 Å². The van der Waals surface area contributed by atoms with Gasteiger partial charge in [-0.25, -0.2) is 0 Å². The molecule has 4 rings (SSSR count). The maximum atomic E-state index is 13.2. The summed E-state index contributed by atoms with van der Waals surface area (Å²) >= 11 is 0. The van der Waals surface area contributed by atoms with E-state index in [1.54, 1.807) is 0 Å². The summed E-state index contributed by atoms with van der Waals surface area (Å²) in [6.45, 7) is 1.21. The molecule has 0 heterocycles. The van der Waals surface area contributed by atoms with Gasteiger partial charge in [0.05, 0.1) is 6.42 Å². The van der Waals surface area contributed by atoms with Crippen molar-refractivity contribution < 1.29 is 4.79 Å². The lowest BCUT2D eigenvalue weighted by atomic mass is 10.0. The molecule has 0 unspecified atom stereocenters. The molecule has 2 heteroatoms. The molecular weight excluding hydrogens is 342 g/mol. The maximum Gasteiger partial charge on any atom is 0.227 e. The highest BCUT2D eigenvalue weighted by atomic mass is 16.2. The Bertz CT molecular complexity index is 1050. The van der Waals surface area contributed by atoms with E-state index in [2.05, 4.69) is 54.6 Å². The Kier molecular flexibility index (Phi) is 5.48. The van der Waals surface area contributed by atoms with Crippen LogP contribution in [0, 0.1) is 0 Å². The molecule has 4 aromatic carbocycles. The molecule has 1 amide bonds. The van der Waals surface area contributed by atoms with Gasteiger partial charge in [0.1, 0.15) is 0 Å². The number of amides is 1. The van der Waals surface area contributed by atoms with Gasteiger partial charge >= 0.3 is 0 Å². The molecule has 0 spiro atoms. The number of hydrogen-bond donors (Lipinski definition) is 0. The minimum atomic E-state index is 0.142. The molecule has 0 N–H and O–H groups in total. The molecule has 0 fully saturated rings. The van der Waals surface area contributed by atoms with E-state index in [4.69, 9.17) is 0 Å². The number of carbonyl (C=O) groups is 1. The highest BCUT2D eigenvalue weighted by Crippen LogP contribution is 2.21. The van der Waals surface area contributed by atoms with Crippen LogP contribution >= 0.6 is 0 Å². The van der Waals surface area contributed by atoms with Gasteiger partial charge in [-0.05, 0) is 27.5 Å². The first-order valence-electron chi connectivity index (χ1n) is 9.62. The van der Waals surface area contributed by atoms with Crippen LogP contribution in [0.3, 0.4) is 0 Å². The fourth-order valence-electron chi connectivity index (χ4n) is 3.55. The van der Waals surface area contributed by atoms with Crippen LogP contribution in [0.15, 0.2) is 103 Å². The van der Waals surface area contributed by atoms with Gasteiger partial charge in [0.2, 0.25) is 5.91 Å². The van der Waals surface area contributed by atoms with E-state index in [0.717, 1.165) is 11.1 Å². The van der Waals surface area contributed by atoms with Crippen molar-refractivity contribution in [3.05, 3.63) is 120 Å². The highest BCUT2D eigenvalue weighted by molar-refractivity contribution is 5.86. The Hall–Kier alpha value is -3.39. The molecule has 0 radical (unpaired) electrons. The lowest BCUT2D eigenvalue weighted by Gasteiger charge is -2.24. The molecular formula is C26H23NO. The summed E-state index contributed by atoms with van der Waals surface area (Å²) in [6.07, 6.45) is 0.415. The van der Waals surface area contributed by atoms with Gasteiger partial charge in [-0.1, -0.05) is 103 Å². The van der Waals surface area contributed by atoms with Crippen molar-refractivity contribution in [2.75, 3.05) is 0 Å². The number of rotatable bonds is 6. The third-order valence-corrected chi connectivity index (χ3v) is 5.01. The van der Waals surface area contributed by atoms with Crippen LogP contribution in [0.2, 0.25) is 0 Å². The quantitative estimate of drug-likeness (QED) is 0.435. The Morgan fingerprint density at radius 3 is 1.96 bits per heavy atom. The van der Waals surface area contributed by atoms with Crippen molar-refractivity contribution in [1.29, 1.82) is 0 Å². The van der Waals surface area contributed by atoms with Gasteiger partial charge in [0.15, 0.2) is 0 Å². The summed E-state index contributed by atoms with van der Waals surface area (Å²) in [5.74, 6) is 0.142. The van der Waals surface area contributed by atoms with Gasteiger partial charge in [-0.2, -0.15) is 0 Å². The van der Waals surface area contributed by atoms with Crippen LogP contribution in [0.1, 0.15) is 16.7 Å². The molecule has 2 nitrogen and oxygen atoms in total. The average Bonchev–Trinajstić information content (AvgIpc) is 2.75. The second kappa shape index (κ2) is 8.53. The van der Waals surface area contributed by atoms with Crippen LogP contribution in [0.5, 0.6) is 0 Å². The third kappa shape index (κ3) is 4.29. The molecule has 0 aliphatic rings. The van der Waals surface area contributed by atoms with Crippen LogP contribution in [-0.2, 0) is 24.3 Å². The van der Waals surface area contributed by atoms with Crippen molar-refractivity contribution >= 4 is 16.7 Å². The van der Waals surface area contributed by atoms with E-state index >= 15 is 0 Å². The molecule has 0 atom stereocenters. The van der Waals surface area contributed by atoms with Crippen molar-refractivity contribution in [2.24, 2.45) is 0 Å². The zero-order chi connectivity index (χ0) is 19.2. The summed E-state index contributed by atoms with van der Waals surface area (Å²) in [7, 11) is 0. The van der Waals surface area contributed by atoms with Crippen molar-refractivity contribution in [3.8, 4) is 0 Å². The van der Waals surface area contributed by atoms with Gasteiger partial charge in [-0.3, -0.25) is 4.79 Å². The number of carbonyl (C=O) groups excluding carboxylic acids is 1. The van der Waals surface area contributed by atoms with Crippen molar-refractivity contribution in [3.63, 3.8) is 0 Å². The highest BCUT2D eigenvalue weighted by Gasteiger charge is 2.16. The lowest BCUT2D eigenvalue weighted by Crippen LogP contribution is -2.31. The third-order valence-electron chi connectivity index (χ3n) is 5.01. The number of nitrogens with zero attached hydrogens (tertiary/aromatic N) is 1. The zero-order valence-electron chi connectivity index (χ0n) is 15.8. The van der Waals surface area contributed by atoms with Crippen molar-refractivity contribution in [2.45, 2.75) is 19.5 Å². The first-order valence-corrected chi connectivity index (χ1v) is 9.62. The molecule has 28 heavy (non-hydrogen) atoms. The van der Waals surface area contributed by atoms with E-state index in [-0.39, 0.29) is 5.91 Å². The molecule has 0 aromatic heterocycles. The van der Waals surface area contributed by atoms with Gasteiger partial charge in [-0.15, -0.1) is 0 Å². The van der Waals surface area contributed by atoms with Gasteiger partial charge in [0.25, 0.3) is 0 Å². The normalized spacial score (nSPS) is 10.7. The van der Waals surface area contributed by atoms with Crippen LogP contribution in [0.25, 0.3) is 10.8 Å². The van der Waals surface area contributed by atoms with E-state index in [0.29, 0.717) is 19.5 Å². The minimum Gasteiger partial charge on any atom is -0.334 e. The largest absolute Gasteiger partial charge is 0.334 e. The number of benzene rings is 4. The van der Waals surface area contributed by atoms with Crippen LogP contribution in [0.4, 0.5) is 0 Å². The topological polar surface area (TPSA) is 20.3 Å². The fraction of sp³-hybridized carbons (Fsp3) is 0.115. The number of fused-ring (bicyclic) bond motifs is 1. The van der Waals surface area contributed by atoms with Crippen LogP contribution in [-0.4, -0.2) is 10.8 Å². The molecule has 0 bridgehead atoms.